The Morgan fingerprint density at radius 2 is 1.55 bits per heavy atom. The summed E-state index contributed by atoms with van der Waals surface area (Å²) in [5.41, 5.74) is 0.355. The molecule has 0 saturated carbocycles. The van der Waals surface area contributed by atoms with E-state index in [4.69, 9.17) is 18.3 Å². The highest BCUT2D eigenvalue weighted by molar-refractivity contribution is 6.74. The first-order valence-corrected chi connectivity index (χ1v) is 17.9. The molecule has 0 aliphatic carbocycles. The van der Waals surface area contributed by atoms with E-state index in [0.29, 0.717) is 13.0 Å². The number of benzene rings is 1. The van der Waals surface area contributed by atoms with E-state index in [-0.39, 0.29) is 28.8 Å². The van der Waals surface area contributed by atoms with E-state index in [1.807, 2.05) is 37.3 Å². The second kappa shape index (κ2) is 9.93. The molecule has 0 amide bonds. The summed E-state index contributed by atoms with van der Waals surface area (Å²) in [6.07, 6.45) is -0.489. The maximum atomic E-state index is 13.2. The normalized spacial score (nSPS) is 24.7. The number of esters is 1. The van der Waals surface area contributed by atoms with Gasteiger partial charge in [-0.25, -0.2) is 4.79 Å². The third kappa shape index (κ3) is 7.24. The first-order chi connectivity index (χ1) is 14.9. The minimum absolute atomic E-state index is 0.0299. The molecule has 2 rings (SSSR count). The van der Waals surface area contributed by atoms with Crippen LogP contribution in [0.3, 0.4) is 0 Å². The van der Waals surface area contributed by atoms with E-state index >= 15 is 0 Å². The average Bonchev–Trinajstić information content (AvgIpc) is 3.00. The molecule has 0 bridgehead atoms. The van der Waals surface area contributed by atoms with Gasteiger partial charge >= 0.3 is 5.97 Å². The Balaban J connectivity index is 2.19. The largest absolute Gasteiger partial charge is 0.459 e. The van der Waals surface area contributed by atoms with Crippen molar-refractivity contribution in [2.45, 2.75) is 116 Å². The fourth-order valence-electron chi connectivity index (χ4n) is 3.28. The molecule has 188 valence electrons. The molecule has 1 aliphatic heterocycles. The van der Waals surface area contributed by atoms with Crippen LogP contribution in [0.4, 0.5) is 0 Å². The van der Waals surface area contributed by atoms with Gasteiger partial charge in [0.1, 0.15) is 6.61 Å². The SMILES string of the molecule is CC(C)(C)[Si](C)(C)OC[C@]1(C)C[C@@H](O[Si](C)(C)C(C)(C)C)[C@@H](C(=O)OCc2ccccc2)O1. The topological polar surface area (TPSA) is 54.0 Å². The van der Waals surface area contributed by atoms with Gasteiger partial charge in [-0.15, -0.1) is 0 Å². The zero-order valence-electron chi connectivity index (χ0n) is 22.7. The number of ether oxygens (including phenoxy) is 2. The lowest BCUT2D eigenvalue weighted by Crippen LogP contribution is -2.47. The van der Waals surface area contributed by atoms with Crippen molar-refractivity contribution < 1.29 is 23.1 Å². The highest BCUT2D eigenvalue weighted by atomic mass is 28.4. The van der Waals surface area contributed by atoms with E-state index in [0.717, 1.165) is 5.56 Å². The Labute approximate surface area is 203 Å². The quantitative estimate of drug-likeness (QED) is 0.298. The smallest absolute Gasteiger partial charge is 0.338 e. The third-order valence-electron chi connectivity index (χ3n) is 7.64. The molecular formula is C26H46O5Si2. The Kier molecular flexibility index (Phi) is 8.50. The van der Waals surface area contributed by atoms with Gasteiger partial charge in [-0.2, -0.15) is 0 Å². The van der Waals surface area contributed by atoms with Gasteiger partial charge in [0.15, 0.2) is 22.7 Å². The first-order valence-electron chi connectivity index (χ1n) is 12.1. The van der Waals surface area contributed by atoms with Gasteiger partial charge in [-0.05, 0) is 48.8 Å². The summed E-state index contributed by atoms with van der Waals surface area (Å²) >= 11 is 0. The van der Waals surface area contributed by atoms with Crippen LogP contribution in [-0.4, -0.2) is 47.0 Å². The van der Waals surface area contributed by atoms with E-state index in [9.17, 15) is 4.79 Å². The molecule has 0 N–H and O–H groups in total. The Hall–Kier alpha value is -0.996. The summed E-state index contributed by atoms with van der Waals surface area (Å²) in [7, 11) is -4.07. The van der Waals surface area contributed by atoms with Crippen molar-refractivity contribution in [2.24, 2.45) is 0 Å². The molecule has 0 aromatic heterocycles. The number of hydrogen-bond donors (Lipinski definition) is 0. The lowest BCUT2D eigenvalue weighted by molar-refractivity contribution is -0.166. The molecular weight excluding hydrogens is 448 g/mol. The molecule has 33 heavy (non-hydrogen) atoms. The Morgan fingerprint density at radius 1 is 1.00 bits per heavy atom. The summed E-state index contributed by atoms with van der Waals surface area (Å²) in [6, 6.07) is 9.72. The summed E-state index contributed by atoms with van der Waals surface area (Å²) < 4.78 is 25.3. The van der Waals surface area contributed by atoms with Gasteiger partial charge in [-0.3, -0.25) is 0 Å². The fourth-order valence-corrected chi connectivity index (χ4v) is 5.69. The lowest BCUT2D eigenvalue weighted by atomic mass is 10.0. The van der Waals surface area contributed by atoms with Crippen molar-refractivity contribution in [3.63, 3.8) is 0 Å². The Bertz CT molecular complexity index is 795. The van der Waals surface area contributed by atoms with Gasteiger partial charge in [-0.1, -0.05) is 71.9 Å². The van der Waals surface area contributed by atoms with Gasteiger partial charge in [0, 0.05) is 6.42 Å². The van der Waals surface area contributed by atoms with Crippen LogP contribution in [0.15, 0.2) is 30.3 Å². The van der Waals surface area contributed by atoms with Crippen LogP contribution in [0.5, 0.6) is 0 Å². The number of carbonyl (C=O) groups excluding carboxylic acids is 1. The van der Waals surface area contributed by atoms with Crippen LogP contribution in [0.1, 0.15) is 60.5 Å². The molecule has 1 aliphatic rings. The third-order valence-corrected chi connectivity index (χ3v) is 16.6. The summed E-state index contributed by atoms with van der Waals surface area (Å²) in [6.45, 7) is 24.9. The second-order valence-electron chi connectivity index (χ2n) is 12.8. The number of rotatable bonds is 8. The molecule has 5 nitrogen and oxygen atoms in total. The van der Waals surface area contributed by atoms with Crippen LogP contribution in [0, 0.1) is 0 Å². The van der Waals surface area contributed by atoms with Crippen LogP contribution in [0.25, 0.3) is 0 Å². The van der Waals surface area contributed by atoms with E-state index < -0.39 is 28.3 Å². The van der Waals surface area contributed by atoms with Crippen LogP contribution in [0.2, 0.25) is 36.3 Å². The van der Waals surface area contributed by atoms with E-state index in [2.05, 4.69) is 67.7 Å². The number of carbonyl (C=O) groups is 1. The second-order valence-corrected chi connectivity index (χ2v) is 22.3. The average molecular weight is 495 g/mol. The summed E-state index contributed by atoms with van der Waals surface area (Å²) in [4.78, 5) is 13.2. The molecule has 1 heterocycles. The van der Waals surface area contributed by atoms with Crippen LogP contribution < -0.4 is 0 Å². The van der Waals surface area contributed by atoms with Gasteiger partial charge in [0.2, 0.25) is 0 Å². The van der Waals surface area contributed by atoms with Gasteiger partial charge < -0.3 is 18.3 Å². The molecule has 0 spiro atoms. The maximum Gasteiger partial charge on any atom is 0.338 e. The standard InChI is InChI=1S/C26H46O5Si2/c1-24(2,3)32(8,9)29-19-26(7)17-21(31-33(10,11)25(4,5)6)22(30-26)23(27)28-18-20-15-13-12-14-16-20/h12-16,21-22H,17-19H2,1-11H3/t21-,22+,26+/m1/s1. The molecule has 0 unspecified atom stereocenters. The monoisotopic (exact) mass is 494 g/mol. The van der Waals surface area contributed by atoms with Crippen molar-refractivity contribution >= 4 is 22.6 Å². The van der Waals surface area contributed by atoms with Crippen molar-refractivity contribution in [3.8, 4) is 0 Å². The molecule has 1 saturated heterocycles. The molecule has 3 atom stereocenters. The van der Waals surface area contributed by atoms with Crippen molar-refractivity contribution in [3.05, 3.63) is 35.9 Å². The predicted molar refractivity (Wildman–Crippen MR) is 139 cm³/mol. The minimum atomic E-state index is -2.12. The molecule has 1 aromatic rings. The minimum Gasteiger partial charge on any atom is -0.459 e. The maximum absolute atomic E-state index is 13.2. The molecule has 1 aromatic carbocycles. The first kappa shape index (κ1) is 28.2. The zero-order chi connectivity index (χ0) is 25.3. The van der Waals surface area contributed by atoms with Crippen LogP contribution in [-0.2, 0) is 29.7 Å². The fraction of sp³-hybridized carbons (Fsp3) is 0.731. The van der Waals surface area contributed by atoms with Crippen molar-refractivity contribution in [2.75, 3.05) is 6.61 Å². The summed E-state index contributed by atoms with van der Waals surface area (Å²) in [5.74, 6) is -0.362. The van der Waals surface area contributed by atoms with Gasteiger partial charge in [0.05, 0.1) is 18.3 Å². The predicted octanol–water partition coefficient (Wildman–Crippen LogP) is 6.69. The molecule has 1 fully saturated rings. The highest BCUT2D eigenvalue weighted by Gasteiger charge is 2.52. The molecule has 7 heteroatoms. The Morgan fingerprint density at radius 3 is 2.06 bits per heavy atom. The van der Waals surface area contributed by atoms with Crippen molar-refractivity contribution in [1.82, 2.24) is 0 Å². The summed E-state index contributed by atoms with van der Waals surface area (Å²) in [5, 5.41) is 0.134. The van der Waals surface area contributed by atoms with Gasteiger partial charge in [0.25, 0.3) is 0 Å². The van der Waals surface area contributed by atoms with E-state index in [1.165, 1.54) is 0 Å². The zero-order valence-corrected chi connectivity index (χ0v) is 24.7. The van der Waals surface area contributed by atoms with Crippen LogP contribution >= 0.6 is 0 Å². The van der Waals surface area contributed by atoms with Crippen molar-refractivity contribution in [1.29, 1.82) is 0 Å². The lowest BCUT2D eigenvalue weighted by Gasteiger charge is -2.39. The number of hydrogen-bond acceptors (Lipinski definition) is 5. The highest BCUT2D eigenvalue weighted by Crippen LogP contribution is 2.43. The van der Waals surface area contributed by atoms with E-state index in [1.54, 1.807) is 0 Å². The molecule has 0 radical (unpaired) electrons.